The molecule has 0 atom stereocenters. The SMILES string of the molecule is COC(=O)C1CCC(n2nc(-c3ccc(Oc4ccccc4)cc3)c3c(N)ncnc32)CC1. The molecule has 0 amide bonds. The molecule has 2 aromatic heterocycles. The summed E-state index contributed by atoms with van der Waals surface area (Å²) < 4.78 is 12.8. The topological polar surface area (TPSA) is 105 Å². The van der Waals surface area contributed by atoms with Crippen LogP contribution >= 0.6 is 0 Å². The molecule has 0 spiro atoms. The molecule has 1 fully saturated rings. The molecule has 1 aliphatic rings. The molecule has 168 valence electrons. The molecule has 0 saturated heterocycles. The number of aromatic nitrogens is 4. The fourth-order valence-electron chi connectivity index (χ4n) is 4.48. The minimum atomic E-state index is -0.135. The molecule has 2 heterocycles. The molecule has 2 aromatic carbocycles. The summed E-state index contributed by atoms with van der Waals surface area (Å²) in [5, 5.41) is 5.67. The van der Waals surface area contributed by atoms with E-state index in [-0.39, 0.29) is 17.9 Å². The van der Waals surface area contributed by atoms with Gasteiger partial charge >= 0.3 is 5.97 Å². The van der Waals surface area contributed by atoms with E-state index in [0.29, 0.717) is 11.5 Å². The monoisotopic (exact) mass is 443 g/mol. The van der Waals surface area contributed by atoms with E-state index in [1.807, 2.05) is 59.3 Å². The second-order valence-electron chi connectivity index (χ2n) is 8.22. The molecule has 33 heavy (non-hydrogen) atoms. The Balaban J connectivity index is 1.45. The van der Waals surface area contributed by atoms with Crippen LogP contribution in [0.5, 0.6) is 11.5 Å². The van der Waals surface area contributed by atoms with Crippen molar-refractivity contribution in [2.24, 2.45) is 5.92 Å². The number of hydrogen-bond donors (Lipinski definition) is 1. The van der Waals surface area contributed by atoms with Gasteiger partial charge in [0.05, 0.1) is 24.5 Å². The van der Waals surface area contributed by atoms with E-state index in [1.54, 1.807) is 0 Å². The van der Waals surface area contributed by atoms with Crippen LogP contribution in [0.2, 0.25) is 0 Å². The normalized spacial score (nSPS) is 18.2. The van der Waals surface area contributed by atoms with Gasteiger partial charge in [-0.1, -0.05) is 18.2 Å². The van der Waals surface area contributed by atoms with E-state index in [0.717, 1.165) is 53.8 Å². The highest BCUT2D eigenvalue weighted by atomic mass is 16.5. The van der Waals surface area contributed by atoms with Gasteiger partial charge in [0.15, 0.2) is 5.65 Å². The number of nitrogens with two attached hydrogens (primary N) is 1. The number of nitrogen functional groups attached to an aromatic ring is 1. The third-order valence-corrected chi connectivity index (χ3v) is 6.20. The van der Waals surface area contributed by atoms with Crippen LogP contribution in [0.3, 0.4) is 0 Å². The maximum Gasteiger partial charge on any atom is 0.308 e. The molecule has 2 N–H and O–H groups in total. The van der Waals surface area contributed by atoms with Crippen molar-refractivity contribution in [3.63, 3.8) is 0 Å². The third kappa shape index (κ3) is 4.11. The predicted molar refractivity (Wildman–Crippen MR) is 125 cm³/mol. The average molecular weight is 444 g/mol. The van der Waals surface area contributed by atoms with Crippen molar-refractivity contribution in [3.05, 3.63) is 60.9 Å². The van der Waals surface area contributed by atoms with Crippen LogP contribution in [-0.4, -0.2) is 32.8 Å². The highest BCUT2D eigenvalue weighted by Crippen LogP contribution is 2.38. The Kier molecular flexibility index (Phi) is 5.64. The first kappa shape index (κ1) is 20.9. The lowest BCUT2D eigenvalue weighted by atomic mass is 9.86. The van der Waals surface area contributed by atoms with Crippen LogP contribution in [0.25, 0.3) is 22.3 Å². The average Bonchev–Trinajstić information content (AvgIpc) is 3.26. The second-order valence-corrected chi connectivity index (χ2v) is 8.22. The quantitative estimate of drug-likeness (QED) is 0.443. The van der Waals surface area contributed by atoms with Crippen molar-refractivity contribution in [1.29, 1.82) is 0 Å². The summed E-state index contributed by atoms with van der Waals surface area (Å²) in [6.45, 7) is 0. The van der Waals surface area contributed by atoms with Gasteiger partial charge in [0.2, 0.25) is 0 Å². The molecule has 8 nitrogen and oxygen atoms in total. The Bertz CT molecular complexity index is 1260. The first-order chi connectivity index (χ1) is 16.1. The molecule has 4 aromatic rings. The van der Waals surface area contributed by atoms with Crippen molar-refractivity contribution < 1.29 is 14.3 Å². The Morgan fingerprint density at radius 2 is 1.67 bits per heavy atom. The number of rotatable bonds is 5. The molecular weight excluding hydrogens is 418 g/mol. The Hall–Kier alpha value is -3.94. The van der Waals surface area contributed by atoms with Crippen LogP contribution in [0, 0.1) is 5.92 Å². The van der Waals surface area contributed by atoms with E-state index in [2.05, 4.69) is 9.97 Å². The van der Waals surface area contributed by atoms with Crippen molar-refractivity contribution in [1.82, 2.24) is 19.7 Å². The van der Waals surface area contributed by atoms with Gasteiger partial charge in [-0.05, 0) is 62.1 Å². The van der Waals surface area contributed by atoms with Gasteiger partial charge in [-0.15, -0.1) is 0 Å². The number of ether oxygens (including phenoxy) is 2. The summed E-state index contributed by atoms with van der Waals surface area (Å²) in [4.78, 5) is 20.6. The highest BCUT2D eigenvalue weighted by Gasteiger charge is 2.30. The van der Waals surface area contributed by atoms with Gasteiger partial charge in [0.25, 0.3) is 0 Å². The van der Waals surface area contributed by atoms with Crippen LogP contribution in [-0.2, 0) is 9.53 Å². The van der Waals surface area contributed by atoms with Crippen LogP contribution in [0.1, 0.15) is 31.7 Å². The summed E-state index contributed by atoms with van der Waals surface area (Å²) in [5.74, 6) is 1.72. The molecular formula is C25H25N5O3. The van der Waals surface area contributed by atoms with Crippen LogP contribution in [0.15, 0.2) is 60.9 Å². The Morgan fingerprint density at radius 1 is 0.970 bits per heavy atom. The lowest BCUT2D eigenvalue weighted by molar-refractivity contribution is -0.146. The summed E-state index contributed by atoms with van der Waals surface area (Å²) in [7, 11) is 1.44. The number of hydrogen-bond acceptors (Lipinski definition) is 7. The highest BCUT2D eigenvalue weighted by molar-refractivity contribution is 5.98. The maximum atomic E-state index is 11.9. The lowest BCUT2D eigenvalue weighted by Gasteiger charge is -2.27. The van der Waals surface area contributed by atoms with Crippen molar-refractivity contribution in [2.75, 3.05) is 12.8 Å². The fourth-order valence-corrected chi connectivity index (χ4v) is 4.48. The van der Waals surface area contributed by atoms with E-state index in [4.69, 9.17) is 20.3 Å². The molecule has 1 saturated carbocycles. The van der Waals surface area contributed by atoms with E-state index < -0.39 is 0 Å². The van der Waals surface area contributed by atoms with Gasteiger partial charge in [0, 0.05) is 5.56 Å². The third-order valence-electron chi connectivity index (χ3n) is 6.20. The molecule has 0 radical (unpaired) electrons. The number of carbonyl (C=O) groups excluding carboxylic acids is 1. The van der Waals surface area contributed by atoms with Gasteiger partial charge in [-0.3, -0.25) is 4.79 Å². The Labute approximate surface area is 191 Å². The number of esters is 1. The van der Waals surface area contributed by atoms with Crippen molar-refractivity contribution in [3.8, 4) is 22.8 Å². The van der Waals surface area contributed by atoms with E-state index in [1.165, 1.54) is 13.4 Å². The second kappa shape index (κ2) is 8.90. The first-order valence-corrected chi connectivity index (χ1v) is 11.0. The molecule has 5 rings (SSSR count). The maximum absolute atomic E-state index is 11.9. The minimum absolute atomic E-state index is 0.0515. The van der Waals surface area contributed by atoms with Gasteiger partial charge in [-0.2, -0.15) is 5.10 Å². The zero-order valence-corrected chi connectivity index (χ0v) is 18.3. The molecule has 0 bridgehead atoms. The van der Waals surface area contributed by atoms with Crippen LogP contribution < -0.4 is 10.5 Å². The smallest absolute Gasteiger partial charge is 0.308 e. The first-order valence-electron chi connectivity index (χ1n) is 11.0. The van der Waals surface area contributed by atoms with Crippen molar-refractivity contribution >= 4 is 22.8 Å². The number of para-hydroxylation sites is 1. The van der Waals surface area contributed by atoms with Gasteiger partial charge in [0.1, 0.15) is 29.3 Å². The minimum Gasteiger partial charge on any atom is -0.469 e. The number of carbonyl (C=O) groups is 1. The molecule has 0 aliphatic heterocycles. The van der Waals surface area contributed by atoms with Crippen molar-refractivity contribution in [2.45, 2.75) is 31.7 Å². The summed E-state index contributed by atoms with van der Waals surface area (Å²) in [6, 6.07) is 17.5. The summed E-state index contributed by atoms with van der Waals surface area (Å²) >= 11 is 0. The zero-order valence-electron chi connectivity index (χ0n) is 18.3. The number of nitrogens with zero attached hydrogens (tertiary/aromatic N) is 4. The Morgan fingerprint density at radius 3 is 2.36 bits per heavy atom. The van der Waals surface area contributed by atoms with E-state index in [9.17, 15) is 4.79 Å². The standard InChI is InChI=1S/C25H25N5O3/c1-32-25(31)17-7-11-18(12-8-17)30-24-21(23(26)27-15-28-24)22(29-30)16-9-13-20(14-10-16)33-19-5-3-2-4-6-19/h2-6,9-10,13-15,17-18H,7-8,11-12H2,1H3,(H2,26,27,28). The predicted octanol–water partition coefficient (Wildman–Crippen LogP) is 4.77. The fraction of sp³-hybridized carbons (Fsp3) is 0.280. The molecule has 1 aliphatic carbocycles. The lowest BCUT2D eigenvalue weighted by Crippen LogP contribution is -2.25. The largest absolute Gasteiger partial charge is 0.469 e. The zero-order chi connectivity index (χ0) is 22.8. The van der Waals surface area contributed by atoms with Gasteiger partial charge in [-0.25, -0.2) is 14.6 Å². The summed E-state index contributed by atoms with van der Waals surface area (Å²) in [5.41, 5.74) is 8.62. The number of benzene rings is 2. The molecule has 8 heteroatoms. The van der Waals surface area contributed by atoms with Crippen LogP contribution in [0.4, 0.5) is 5.82 Å². The number of anilines is 1. The molecule has 0 unspecified atom stereocenters. The van der Waals surface area contributed by atoms with Gasteiger partial charge < -0.3 is 15.2 Å². The summed E-state index contributed by atoms with van der Waals surface area (Å²) in [6.07, 6.45) is 4.64. The number of fused-ring (bicyclic) bond motifs is 1. The van der Waals surface area contributed by atoms with E-state index >= 15 is 0 Å². The number of methoxy groups -OCH3 is 1.